The lowest BCUT2D eigenvalue weighted by Crippen LogP contribution is -2.27. The molecule has 1 fully saturated rings. The van der Waals surface area contributed by atoms with Crippen LogP contribution in [0.1, 0.15) is 37.0 Å². The number of hydrogen-bond acceptors (Lipinski definition) is 4. The number of nitrogens with zero attached hydrogens (tertiary/aromatic N) is 2. The number of aromatic nitrogens is 3. The fourth-order valence-electron chi connectivity index (χ4n) is 1.85. The number of piperidine rings is 1. The van der Waals surface area contributed by atoms with Gasteiger partial charge in [0.15, 0.2) is 5.82 Å². The van der Waals surface area contributed by atoms with Crippen molar-refractivity contribution in [1.29, 1.82) is 0 Å². The number of H-pyrrole nitrogens is 1. The highest BCUT2D eigenvalue weighted by Crippen LogP contribution is 2.19. The Morgan fingerprint density at radius 2 is 2.40 bits per heavy atom. The Morgan fingerprint density at radius 1 is 1.47 bits per heavy atom. The highest BCUT2D eigenvalue weighted by atomic mass is 16.5. The summed E-state index contributed by atoms with van der Waals surface area (Å²) >= 11 is 0. The van der Waals surface area contributed by atoms with Gasteiger partial charge in [-0.2, -0.15) is 5.10 Å². The molecule has 0 aromatic carbocycles. The minimum atomic E-state index is 0.339. The number of rotatable bonds is 4. The summed E-state index contributed by atoms with van der Waals surface area (Å²) in [4.78, 5) is 4.46. The van der Waals surface area contributed by atoms with Crippen molar-refractivity contribution in [2.24, 2.45) is 0 Å². The summed E-state index contributed by atoms with van der Waals surface area (Å²) in [5.74, 6) is 1.82. The van der Waals surface area contributed by atoms with E-state index in [4.69, 9.17) is 4.74 Å². The highest BCUT2D eigenvalue weighted by molar-refractivity contribution is 4.98. The summed E-state index contributed by atoms with van der Waals surface area (Å²) in [6.45, 7) is 1.76. The van der Waals surface area contributed by atoms with E-state index >= 15 is 0 Å². The Morgan fingerprint density at radius 3 is 3.13 bits per heavy atom. The van der Waals surface area contributed by atoms with Crippen molar-refractivity contribution in [3.63, 3.8) is 0 Å². The van der Waals surface area contributed by atoms with Gasteiger partial charge in [-0.25, -0.2) is 4.98 Å². The molecule has 0 spiro atoms. The molecular formula is C10H18N4O. The summed E-state index contributed by atoms with van der Waals surface area (Å²) in [5.41, 5.74) is 0. The van der Waals surface area contributed by atoms with Crippen LogP contribution in [0.3, 0.4) is 0 Å². The van der Waals surface area contributed by atoms with Gasteiger partial charge in [0, 0.05) is 13.5 Å². The Labute approximate surface area is 89.6 Å². The molecule has 84 valence electrons. The number of aromatic amines is 1. The van der Waals surface area contributed by atoms with Gasteiger partial charge in [0.05, 0.1) is 12.6 Å². The Kier molecular flexibility index (Phi) is 3.69. The van der Waals surface area contributed by atoms with Gasteiger partial charge >= 0.3 is 0 Å². The standard InChI is InChI=1S/C10H18N4O/c1-15-7-5-9-12-10(14-13-9)8-4-2-3-6-11-8/h8,11H,2-7H2,1H3,(H,12,13,14). The van der Waals surface area contributed by atoms with Gasteiger partial charge in [0.25, 0.3) is 0 Å². The van der Waals surface area contributed by atoms with Crippen molar-refractivity contribution in [3.05, 3.63) is 11.6 Å². The summed E-state index contributed by atoms with van der Waals surface area (Å²) in [6, 6.07) is 0.339. The molecule has 5 nitrogen and oxygen atoms in total. The van der Waals surface area contributed by atoms with E-state index in [1.807, 2.05) is 0 Å². The average Bonchev–Trinajstić information content (AvgIpc) is 2.76. The van der Waals surface area contributed by atoms with Crippen LogP contribution in [0, 0.1) is 0 Å². The van der Waals surface area contributed by atoms with Gasteiger partial charge in [-0.1, -0.05) is 6.42 Å². The van der Waals surface area contributed by atoms with Crippen molar-refractivity contribution in [3.8, 4) is 0 Å². The van der Waals surface area contributed by atoms with Crippen LogP contribution in [0.5, 0.6) is 0 Å². The van der Waals surface area contributed by atoms with E-state index in [-0.39, 0.29) is 0 Å². The van der Waals surface area contributed by atoms with Crippen LogP contribution < -0.4 is 5.32 Å². The number of ether oxygens (including phenoxy) is 1. The second kappa shape index (κ2) is 5.23. The van der Waals surface area contributed by atoms with Crippen molar-refractivity contribution < 1.29 is 4.74 Å². The minimum Gasteiger partial charge on any atom is -0.384 e. The number of hydrogen-bond donors (Lipinski definition) is 2. The largest absolute Gasteiger partial charge is 0.384 e. The lowest BCUT2D eigenvalue weighted by molar-refractivity contribution is 0.200. The molecule has 1 aromatic rings. The van der Waals surface area contributed by atoms with E-state index in [0.29, 0.717) is 12.6 Å². The van der Waals surface area contributed by atoms with Crippen LogP contribution >= 0.6 is 0 Å². The molecule has 1 unspecified atom stereocenters. The molecule has 15 heavy (non-hydrogen) atoms. The Balaban J connectivity index is 1.93. The first-order valence-electron chi connectivity index (χ1n) is 5.53. The van der Waals surface area contributed by atoms with Crippen molar-refractivity contribution in [2.75, 3.05) is 20.3 Å². The maximum Gasteiger partial charge on any atom is 0.167 e. The summed E-state index contributed by atoms with van der Waals surface area (Å²) in [6.07, 6.45) is 4.47. The lowest BCUT2D eigenvalue weighted by Gasteiger charge is -2.20. The zero-order valence-corrected chi connectivity index (χ0v) is 9.12. The lowest BCUT2D eigenvalue weighted by atomic mass is 10.0. The van der Waals surface area contributed by atoms with Crippen LogP contribution in [-0.4, -0.2) is 35.4 Å². The molecule has 5 heteroatoms. The van der Waals surface area contributed by atoms with Gasteiger partial charge in [-0.15, -0.1) is 0 Å². The topological polar surface area (TPSA) is 62.8 Å². The third-order valence-electron chi connectivity index (χ3n) is 2.71. The summed E-state index contributed by atoms with van der Waals surface area (Å²) in [7, 11) is 1.69. The normalized spacial score (nSPS) is 21.8. The molecule has 0 aliphatic carbocycles. The first-order valence-corrected chi connectivity index (χ1v) is 5.53. The van der Waals surface area contributed by atoms with E-state index in [1.165, 1.54) is 12.8 Å². The minimum absolute atomic E-state index is 0.339. The van der Waals surface area contributed by atoms with Gasteiger partial charge in [0.1, 0.15) is 5.82 Å². The molecule has 2 rings (SSSR count). The molecular weight excluding hydrogens is 192 g/mol. The smallest absolute Gasteiger partial charge is 0.167 e. The quantitative estimate of drug-likeness (QED) is 0.772. The first kappa shape index (κ1) is 10.6. The second-order valence-electron chi connectivity index (χ2n) is 3.89. The van der Waals surface area contributed by atoms with Crippen molar-refractivity contribution in [2.45, 2.75) is 31.7 Å². The Hall–Kier alpha value is -0.940. The van der Waals surface area contributed by atoms with E-state index in [2.05, 4.69) is 20.5 Å². The molecule has 0 saturated carbocycles. The van der Waals surface area contributed by atoms with Crippen molar-refractivity contribution in [1.82, 2.24) is 20.5 Å². The van der Waals surface area contributed by atoms with E-state index in [1.54, 1.807) is 7.11 Å². The van der Waals surface area contributed by atoms with E-state index < -0.39 is 0 Å². The Bertz CT molecular complexity index is 293. The average molecular weight is 210 g/mol. The molecule has 2 N–H and O–H groups in total. The van der Waals surface area contributed by atoms with E-state index in [9.17, 15) is 0 Å². The predicted octanol–water partition coefficient (Wildman–Crippen LogP) is 0.808. The molecule has 2 heterocycles. The molecule has 0 amide bonds. The fraction of sp³-hybridized carbons (Fsp3) is 0.800. The fourth-order valence-corrected chi connectivity index (χ4v) is 1.85. The maximum absolute atomic E-state index is 5.00. The first-order chi connectivity index (χ1) is 7.40. The van der Waals surface area contributed by atoms with Gasteiger partial charge in [0.2, 0.25) is 0 Å². The highest BCUT2D eigenvalue weighted by Gasteiger charge is 2.18. The zero-order valence-electron chi connectivity index (χ0n) is 9.12. The van der Waals surface area contributed by atoms with Crippen LogP contribution in [0.2, 0.25) is 0 Å². The second-order valence-corrected chi connectivity index (χ2v) is 3.89. The van der Waals surface area contributed by atoms with Gasteiger partial charge in [-0.3, -0.25) is 5.10 Å². The van der Waals surface area contributed by atoms with E-state index in [0.717, 1.165) is 31.0 Å². The van der Waals surface area contributed by atoms with Crippen LogP contribution in [0.25, 0.3) is 0 Å². The maximum atomic E-state index is 5.00. The molecule has 0 bridgehead atoms. The summed E-state index contributed by atoms with van der Waals surface area (Å²) in [5, 5.41) is 10.6. The zero-order chi connectivity index (χ0) is 10.5. The van der Waals surface area contributed by atoms with Gasteiger partial charge in [-0.05, 0) is 19.4 Å². The SMILES string of the molecule is COCCc1nc(C2CCCCN2)n[nH]1. The molecule has 1 aliphatic heterocycles. The predicted molar refractivity (Wildman–Crippen MR) is 56.6 cm³/mol. The molecule has 1 saturated heterocycles. The summed E-state index contributed by atoms with van der Waals surface area (Å²) < 4.78 is 5.00. The molecule has 1 aromatic heterocycles. The number of nitrogens with one attached hydrogen (secondary N) is 2. The third kappa shape index (κ3) is 2.76. The molecule has 1 atom stereocenters. The van der Waals surface area contributed by atoms with Crippen LogP contribution in [-0.2, 0) is 11.2 Å². The van der Waals surface area contributed by atoms with Gasteiger partial charge < -0.3 is 10.1 Å². The number of methoxy groups -OCH3 is 1. The third-order valence-corrected chi connectivity index (χ3v) is 2.71. The van der Waals surface area contributed by atoms with Crippen LogP contribution in [0.4, 0.5) is 0 Å². The molecule has 0 radical (unpaired) electrons. The van der Waals surface area contributed by atoms with Crippen molar-refractivity contribution >= 4 is 0 Å². The monoisotopic (exact) mass is 210 g/mol. The van der Waals surface area contributed by atoms with Crippen LogP contribution in [0.15, 0.2) is 0 Å². The molecule has 1 aliphatic rings.